The van der Waals surface area contributed by atoms with Crippen LogP contribution in [0.4, 0.5) is 0 Å². The van der Waals surface area contributed by atoms with Gasteiger partial charge in [0.05, 0.1) is 16.3 Å². The fourth-order valence-electron chi connectivity index (χ4n) is 1.51. The van der Waals surface area contributed by atoms with Crippen LogP contribution in [0.5, 0.6) is 5.75 Å². The van der Waals surface area contributed by atoms with E-state index in [1.807, 2.05) is 12.1 Å². The topological polar surface area (TPSA) is 50.7 Å². The quantitative estimate of drug-likeness (QED) is 0.424. The van der Waals surface area contributed by atoms with Crippen molar-refractivity contribution < 1.29 is 9.53 Å². The van der Waals surface area contributed by atoms with E-state index in [1.54, 1.807) is 30.3 Å². The van der Waals surface area contributed by atoms with Crippen LogP contribution in [0.3, 0.4) is 0 Å². The summed E-state index contributed by atoms with van der Waals surface area (Å²) in [5.74, 6) is 0.242. The van der Waals surface area contributed by atoms with Crippen molar-refractivity contribution in [3.63, 3.8) is 0 Å². The molecule has 1 N–H and O–H groups in total. The average Bonchev–Trinajstić information content (AvgIpc) is 2.50. The number of benzene rings is 2. The molecule has 2 aromatic rings. The largest absolute Gasteiger partial charge is 0.484 e. The van der Waals surface area contributed by atoms with E-state index in [0.717, 1.165) is 3.57 Å². The minimum absolute atomic E-state index is 0.131. The van der Waals surface area contributed by atoms with Crippen LogP contribution in [-0.2, 0) is 4.79 Å². The first-order valence-electron chi connectivity index (χ1n) is 6.20. The van der Waals surface area contributed by atoms with Gasteiger partial charge in [0.25, 0.3) is 5.91 Å². The zero-order valence-corrected chi connectivity index (χ0v) is 14.9. The standard InChI is InChI=1S/C15H11Cl2IN2O2/c16-13-2-1-3-14(17)12(13)8-19-20-15(21)9-22-11-6-4-10(18)5-7-11/h1-8H,9H2,(H,20,21)/b19-8+. The summed E-state index contributed by atoms with van der Waals surface area (Å²) in [6.07, 6.45) is 1.40. The molecule has 0 heterocycles. The van der Waals surface area contributed by atoms with Crippen LogP contribution in [0.1, 0.15) is 5.56 Å². The third kappa shape index (κ3) is 5.15. The summed E-state index contributed by atoms with van der Waals surface area (Å²) in [5.41, 5.74) is 2.90. The zero-order chi connectivity index (χ0) is 15.9. The van der Waals surface area contributed by atoms with Crippen molar-refractivity contribution >= 4 is 57.9 Å². The van der Waals surface area contributed by atoms with Crippen molar-refractivity contribution in [2.75, 3.05) is 6.61 Å². The van der Waals surface area contributed by atoms with E-state index < -0.39 is 0 Å². The lowest BCUT2D eigenvalue weighted by Crippen LogP contribution is -2.24. The molecule has 0 unspecified atom stereocenters. The van der Waals surface area contributed by atoms with Crippen molar-refractivity contribution in [3.05, 3.63) is 61.6 Å². The number of ether oxygens (including phenoxy) is 1. The Kier molecular flexibility index (Phi) is 6.48. The maximum atomic E-state index is 11.6. The number of carbonyl (C=O) groups is 1. The summed E-state index contributed by atoms with van der Waals surface area (Å²) < 4.78 is 6.42. The predicted octanol–water partition coefficient (Wildman–Crippen LogP) is 4.13. The Bertz CT molecular complexity index is 670. The number of halogens is 3. The van der Waals surface area contributed by atoms with Crippen LogP contribution in [0.2, 0.25) is 10.0 Å². The number of carbonyl (C=O) groups excluding carboxylic acids is 1. The molecule has 0 saturated heterocycles. The van der Waals surface area contributed by atoms with Crippen molar-refractivity contribution in [1.29, 1.82) is 0 Å². The van der Waals surface area contributed by atoms with Crippen LogP contribution >= 0.6 is 45.8 Å². The Labute approximate surface area is 151 Å². The normalized spacial score (nSPS) is 10.7. The Morgan fingerprint density at radius 3 is 2.45 bits per heavy atom. The number of hydrogen-bond donors (Lipinski definition) is 1. The highest BCUT2D eigenvalue weighted by Crippen LogP contribution is 2.22. The van der Waals surface area contributed by atoms with Crippen molar-refractivity contribution in [2.24, 2.45) is 5.10 Å². The summed E-state index contributed by atoms with van der Waals surface area (Å²) in [6, 6.07) is 12.5. The van der Waals surface area contributed by atoms with E-state index >= 15 is 0 Å². The second-order valence-electron chi connectivity index (χ2n) is 4.17. The Morgan fingerprint density at radius 2 is 1.82 bits per heavy atom. The predicted molar refractivity (Wildman–Crippen MR) is 96.9 cm³/mol. The van der Waals surface area contributed by atoms with Gasteiger partial charge in [-0.15, -0.1) is 0 Å². The molecule has 0 aromatic heterocycles. The molecule has 0 radical (unpaired) electrons. The van der Waals surface area contributed by atoms with Gasteiger partial charge in [0.15, 0.2) is 6.61 Å². The second-order valence-corrected chi connectivity index (χ2v) is 6.23. The summed E-state index contributed by atoms with van der Waals surface area (Å²) >= 11 is 14.2. The van der Waals surface area contributed by atoms with E-state index in [9.17, 15) is 4.79 Å². The van der Waals surface area contributed by atoms with Crippen LogP contribution in [-0.4, -0.2) is 18.7 Å². The fourth-order valence-corrected chi connectivity index (χ4v) is 2.37. The van der Waals surface area contributed by atoms with Crippen LogP contribution in [0.25, 0.3) is 0 Å². The number of hydrazone groups is 1. The van der Waals surface area contributed by atoms with E-state index in [2.05, 4.69) is 33.1 Å². The lowest BCUT2D eigenvalue weighted by atomic mass is 10.2. The van der Waals surface area contributed by atoms with Gasteiger partial charge in [-0.25, -0.2) is 5.43 Å². The first-order chi connectivity index (χ1) is 10.6. The molecule has 0 aliphatic carbocycles. The third-order valence-electron chi connectivity index (χ3n) is 2.57. The van der Waals surface area contributed by atoms with E-state index in [0.29, 0.717) is 21.4 Å². The highest BCUT2D eigenvalue weighted by atomic mass is 127. The van der Waals surface area contributed by atoms with E-state index in [4.69, 9.17) is 27.9 Å². The lowest BCUT2D eigenvalue weighted by Gasteiger charge is -2.05. The molecule has 0 aliphatic heterocycles. The van der Waals surface area contributed by atoms with Crippen molar-refractivity contribution in [1.82, 2.24) is 5.43 Å². The zero-order valence-electron chi connectivity index (χ0n) is 11.2. The molecule has 1 amide bonds. The maximum Gasteiger partial charge on any atom is 0.277 e. The van der Waals surface area contributed by atoms with Gasteiger partial charge < -0.3 is 4.74 Å². The molecule has 0 aliphatic rings. The second kappa shape index (κ2) is 8.36. The molecule has 7 heteroatoms. The van der Waals surface area contributed by atoms with E-state index in [-0.39, 0.29) is 12.5 Å². The van der Waals surface area contributed by atoms with Gasteiger partial charge in [-0.1, -0.05) is 29.3 Å². The summed E-state index contributed by atoms with van der Waals surface area (Å²) in [4.78, 5) is 11.6. The minimum atomic E-state index is -0.377. The molecule has 22 heavy (non-hydrogen) atoms. The van der Waals surface area contributed by atoms with Crippen LogP contribution < -0.4 is 10.2 Å². The average molecular weight is 449 g/mol. The Balaban J connectivity index is 1.85. The molecule has 2 aromatic carbocycles. The van der Waals surface area contributed by atoms with Gasteiger partial charge >= 0.3 is 0 Å². The van der Waals surface area contributed by atoms with E-state index in [1.165, 1.54) is 6.21 Å². The number of rotatable bonds is 5. The molecular weight excluding hydrogens is 438 g/mol. The van der Waals surface area contributed by atoms with Gasteiger partial charge in [0.2, 0.25) is 0 Å². The molecule has 2 rings (SSSR count). The molecular formula is C15H11Cl2IN2O2. The number of hydrogen-bond acceptors (Lipinski definition) is 3. The maximum absolute atomic E-state index is 11.6. The molecule has 0 saturated carbocycles. The first-order valence-corrected chi connectivity index (χ1v) is 8.04. The smallest absolute Gasteiger partial charge is 0.277 e. The number of nitrogens with zero attached hydrogens (tertiary/aromatic N) is 1. The van der Waals surface area contributed by atoms with Crippen molar-refractivity contribution in [2.45, 2.75) is 0 Å². The first kappa shape index (κ1) is 17.1. The molecule has 4 nitrogen and oxygen atoms in total. The monoisotopic (exact) mass is 448 g/mol. The SMILES string of the molecule is O=C(COc1ccc(I)cc1)N/N=C/c1c(Cl)cccc1Cl. The highest BCUT2D eigenvalue weighted by molar-refractivity contribution is 14.1. The minimum Gasteiger partial charge on any atom is -0.484 e. The Morgan fingerprint density at radius 1 is 1.18 bits per heavy atom. The van der Waals surface area contributed by atoms with Gasteiger partial charge in [-0.2, -0.15) is 5.10 Å². The fraction of sp³-hybridized carbons (Fsp3) is 0.0667. The molecule has 114 valence electrons. The van der Waals surface area contributed by atoms with Crippen LogP contribution in [0.15, 0.2) is 47.6 Å². The Hall–Kier alpha value is -1.31. The third-order valence-corrected chi connectivity index (χ3v) is 3.94. The molecule has 0 bridgehead atoms. The van der Waals surface area contributed by atoms with Crippen molar-refractivity contribution in [3.8, 4) is 5.75 Å². The van der Waals surface area contributed by atoms with Crippen LogP contribution in [0, 0.1) is 3.57 Å². The number of amides is 1. The molecule has 0 atom stereocenters. The highest BCUT2D eigenvalue weighted by Gasteiger charge is 2.04. The van der Waals surface area contributed by atoms with Gasteiger partial charge in [0.1, 0.15) is 5.75 Å². The summed E-state index contributed by atoms with van der Waals surface area (Å²) in [7, 11) is 0. The molecule has 0 fully saturated rings. The summed E-state index contributed by atoms with van der Waals surface area (Å²) in [6.45, 7) is -0.131. The van der Waals surface area contributed by atoms with Gasteiger partial charge in [-0.05, 0) is 59.0 Å². The van der Waals surface area contributed by atoms with Gasteiger partial charge in [0, 0.05) is 9.13 Å². The number of nitrogens with one attached hydrogen (secondary N) is 1. The molecule has 0 spiro atoms. The van der Waals surface area contributed by atoms with Gasteiger partial charge in [-0.3, -0.25) is 4.79 Å². The summed E-state index contributed by atoms with van der Waals surface area (Å²) in [5, 5.41) is 4.73. The lowest BCUT2D eigenvalue weighted by molar-refractivity contribution is -0.123.